The number of hydrogen-bond acceptors (Lipinski definition) is 2. The Hall–Kier alpha value is -2.04. The Balaban J connectivity index is 2.60. The molecule has 0 saturated carbocycles. The Morgan fingerprint density at radius 1 is 1.19 bits per heavy atom. The molecule has 0 aliphatic carbocycles. The molecular formula is C16H26N4O. The van der Waals surface area contributed by atoms with Crippen molar-refractivity contribution in [2.75, 3.05) is 34.2 Å². The largest absolute Gasteiger partial charge is 0.357 e. The minimum absolute atomic E-state index is 0.0975. The Kier molecular flexibility index (Phi) is 7.29. The standard InChI is InChI=1S/C16H26N4O/c1-5-17-16(18-12-11-15(21)19(2)3)20(4)13-14-9-7-6-8-10-14/h6-10H,5,11-13H2,1-4H3,(H,17,18). The molecule has 0 aliphatic heterocycles. The van der Waals surface area contributed by atoms with Crippen LogP contribution in [0.2, 0.25) is 0 Å². The van der Waals surface area contributed by atoms with Crippen molar-refractivity contribution in [1.82, 2.24) is 15.1 Å². The Morgan fingerprint density at radius 3 is 2.43 bits per heavy atom. The highest BCUT2D eigenvalue weighted by Crippen LogP contribution is 2.03. The van der Waals surface area contributed by atoms with Crippen LogP contribution in [0.5, 0.6) is 0 Å². The summed E-state index contributed by atoms with van der Waals surface area (Å²) in [6.07, 6.45) is 0.432. The third-order valence-corrected chi connectivity index (χ3v) is 3.05. The van der Waals surface area contributed by atoms with Crippen LogP contribution >= 0.6 is 0 Å². The number of guanidine groups is 1. The average molecular weight is 290 g/mol. The van der Waals surface area contributed by atoms with Crippen LogP contribution in [-0.2, 0) is 11.3 Å². The number of rotatable bonds is 6. The molecule has 5 nitrogen and oxygen atoms in total. The van der Waals surface area contributed by atoms with E-state index >= 15 is 0 Å². The van der Waals surface area contributed by atoms with Crippen molar-refractivity contribution in [3.63, 3.8) is 0 Å². The molecule has 0 aromatic heterocycles. The van der Waals surface area contributed by atoms with E-state index in [9.17, 15) is 4.79 Å². The summed E-state index contributed by atoms with van der Waals surface area (Å²) in [5.74, 6) is 0.924. The summed E-state index contributed by atoms with van der Waals surface area (Å²) in [5.41, 5.74) is 1.23. The van der Waals surface area contributed by atoms with Crippen molar-refractivity contribution >= 4 is 11.9 Å². The maximum atomic E-state index is 11.6. The number of nitrogens with one attached hydrogen (secondary N) is 1. The minimum Gasteiger partial charge on any atom is -0.357 e. The third-order valence-electron chi connectivity index (χ3n) is 3.05. The molecule has 116 valence electrons. The van der Waals surface area contributed by atoms with Crippen LogP contribution in [0.15, 0.2) is 35.3 Å². The van der Waals surface area contributed by atoms with Gasteiger partial charge in [-0.25, -0.2) is 0 Å². The quantitative estimate of drug-likeness (QED) is 0.639. The van der Waals surface area contributed by atoms with Crippen molar-refractivity contribution in [1.29, 1.82) is 0 Å². The molecule has 0 saturated heterocycles. The number of aliphatic imine (C=N–C) groups is 1. The highest BCUT2D eigenvalue weighted by Gasteiger charge is 2.07. The van der Waals surface area contributed by atoms with Gasteiger partial charge in [-0.3, -0.25) is 9.79 Å². The summed E-state index contributed by atoms with van der Waals surface area (Å²) in [4.78, 5) is 19.7. The molecule has 0 radical (unpaired) electrons. The first-order valence-electron chi connectivity index (χ1n) is 7.28. The molecule has 1 aromatic carbocycles. The van der Waals surface area contributed by atoms with E-state index in [0.29, 0.717) is 13.0 Å². The Bertz CT molecular complexity index is 457. The summed E-state index contributed by atoms with van der Waals surface area (Å²) >= 11 is 0. The maximum Gasteiger partial charge on any atom is 0.223 e. The van der Waals surface area contributed by atoms with Crippen LogP contribution in [0, 0.1) is 0 Å². The fourth-order valence-electron chi connectivity index (χ4n) is 1.88. The van der Waals surface area contributed by atoms with Gasteiger partial charge in [-0.15, -0.1) is 0 Å². The minimum atomic E-state index is 0.0975. The monoisotopic (exact) mass is 290 g/mol. The van der Waals surface area contributed by atoms with Crippen molar-refractivity contribution in [2.24, 2.45) is 4.99 Å². The second-order valence-corrected chi connectivity index (χ2v) is 5.12. The molecule has 0 heterocycles. The molecule has 5 heteroatoms. The second kappa shape index (κ2) is 9.00. The molecule has 0 fully saturated rings. The van der Waals surface area contributed by atoms with E-state index in [1.165, 1.54) is 5.56 Å². The van der Waals surface area contributed by atoms with Gasteiger partial charge in [-0.1, -0.05) is 30.3 Å². The van der Waals surface area contributed by atoms with Gasteiger partial charge in [0, 0.05) is 40.7 Å². The smallest absolute Gasteiger partial charge is 0.223 e. The summed E-state index contributed by atoms with van der Waals surface area (Å²) in [6.45, 7) is 4.13. The molecule has 1 aromatic rings. The van der Waals surface area contributed by atoms with Crippen molar-refractivity contribution in [2.45, 2.75) is 19.9 Å². The van der Waals surface area contributed by atoms with Gasteiger partial charge in [0.05, 0.1) is 6.54 Å². The highest BCUT2D eigenvalue weighted by molar-refractivity contribution is 5.80. The van der Waals surface area contributed by atoms with Gasteiger partial charge in [0.1, 0.15) is 0 Å². The molecule has 21 heavy (non-hydrogen) atoms. The predicted octanol–water partition coefficient (Wildman–Crippen LogP) is 1.56. The van der Waals surface area contributed by atoms with E-state index in [0.717, 1.165) is 19.0 Å². The lowest BCUT2D eigenvalue weighted by atomic mass is 10.2. The SMILES string of the molecule is CCNC(=NCCC(=O)N(C)C)N(C)Cc1ccccc1. The zero-order valence-electron chi connectivity index (χ0n) is 13.5. The summed E-state index contributed by atoms with van der Waals surface area (Å²) in [7, 11) is 5.53. The topological polar surface area (TPSA) is 47.9 Å². The van der Waals surface area contributed by atoms with Crippen LogP contribution < -0.4 is 5.32 Å². The molecule has 0 aliphatic rings. The summed E-state index contributed by atoms with van der Waals surface area (Å²) < 4.78 is 0. The van der Waals surface area contributed by atoms with E-state index in [2.05, 4.69) is 27.3 Å². The lowest BCUT2D eigenvalue weighted by Gasteiger charge is -2.22. The number of hydrogen-bond donors (Lipinski definition) is 1. The average Bonchev–Trinajstić information content (AvgIpc) is 2.47. The normalized spacial score (nSPS) is 11.1. The number of carbonyl (C=O) groups is 1. The lowest BCUT2D eigenvalue weighted by Crippen LogP contribution is -2.38. The van der Waals surface area contributed by atoms with Gasteiger partial charge < -0.3 is 15.1 Å². The van der Waals surface area contributed by atoms with E-state index < -0.39 is 0 Å². The number of nitrogens with zero attached hydrogens (tertiary/aromatic N) is 3. The van der Waals surface area contributed by atoms with Crippen LogP contribution in [-0.4, -0.2) is 55.9 Å². The van der Waals surface area contributed by atoms with Gasteiger partial charge >= 0.3 is 0 Å². The zero-order chi connectivity index (χ0) is 15.7. The van der Waals surface area contributed by atoms with Gasteiger partial charge in [0.2, 0.25) is 5.91 Å². The number of carbonyl (C=O) groups excluding carboxylic acids is 1. The highest BCUT2D eigenvalue weighted by atomic mass is 16.2. The van der Waals surface area contributed by atoms with Crippen molar-refractivity contribution in [3.05, 3.63) is 35.9 Å². The molecule has 1 amide bonds. The zero-order valence-corrected chi connectivity index (χ0v) is 13.5. The predicted molar refractivity (Wildman–Crippen MR) is 87.2 cm³/mol. The molecule has 1 N–H and O–H groups in total. The van der Waals surface area contributed by atoms with Crippen molar-refractivity contribution < 1.29 is 4.79 Å². The summed E-state index contributed by atoms with van der Waals surface area (Å²) in [6, 6.07) is 10.3. The first kappa shape index (κ1) is 17.0. The Labute approximate surface area is 127 Å². The Morgan fingerprint density at radius 2 is 1.86 bits per heavy atom. The fourth-order valence-corrected chi connectivity index (χ4v) is 1.88. The fraction of sp³-hybridized carbons (Fsp3) is 0.500. The molecule has 0 spiro atoms. The van der Waals surface area contributed by atoms with E-state index in [1.54, 1.807) is 19.0 Å². The first-order chi connectivity index (χ1) is 10.0. The first-order valence-corrected chi connectivity index (χ1v) is 7.28. The third kappa shape index (κ3) is 6.29. The van der Waals surface area contributed by atoms with Crippen LogP contribution in [0.4, 0.5) is 0 Å². The van der Waals surface area contributed by atoms with Gasteiger partial charge in [-0.2, -0.15) is 0 Å². The van der Waals surface area contributed by atoms with E-state index in [4.69, 9.17) is 0 Å². The molecule has 1 rings (SSSR count). The molecule has 0 bridgehead atoms. The van der Waals surface area contributed by atoms with Crippen LogP contribution in [0.25, 0.3) is 0 Å². The van der Waals surface area contributed by atoms with Crippen LogP contribution in [0.1, 0.15) is 18.9 Å². The van der Waals surface area contributed by atoms with E-state index in [-0.39, 0.29) is 5.91 Å². The molecule has 0 atom stereocenters. The molecular weight excluding hydrogens is 264 g/mol. The second-order valence-electron chi connectivity index (χ2n) is 5.12. The maximum absolute atomic E-state index is 11.6. The van der Waals surface area contributed by atoms with Gasteiger partial charge in [0.15, 0.2) is 5.96 Å². The molecule has 0 unspecified atom stereocenters. The van der Waals surface area contributed by atoms with Gasteiger partial charge in [-0.05, 0) is 12.5 Å². The van der Waals surface area contributed by atoms with Crippen LogP contribution in [0.3, 0.4) is 0 Å². The lowest BCUT2D eigenvalue weighted by molar-refractivity contribution is -0.128. The van der Waals surface area contributed by atoms with Gasteiger partial charge in [0.25, 0.3) is 0 Å². The van der Waals surface area contributed by atoms with E-state index in [1.807, 2.05) is 32.2 Å². The van der Waals surface area contributed by atoms with Crippen molar-refractivity contribution in [3.8, 4) is 0 Å². The number of benzene rings is 1. The summed E-state index contributed by atoms with van der Waals surface area (Å²) in [5, 5.41) is 3.26. The number of amides is 1.